The van der Waals surface area contributed by atoms with Crippen molar-refractivity contribution in [3.8, 4) is 11.9 Å². The Hall–Kier alpha value is -4.00. The molecule has 1 saturated heterocycles. The van der Waals surface area contributed by atoms with Crippen molar-refractivity contribution in [3.63, 3.8) is 0 Å². The fourth-order valence-corrected chi connectivity index (χ4v) is 5.60. The minimum atomic E-state index is -0.627. The van der Waals surface area contributed by atoms with Crippen molar-refractivity contribution in [2.45, 2.75) is 32.7 Å². The van der Waals surface area contributed by atoms with Crippen molar-refractivity contribution in [1.82, 2.24) is 9.47 Å². The summed E-state index contributed by atoms with van der Waals surface area (Å²) in [7, 11) is 0. The zero-order chi connectivity index (χ0) is 27.2. The van der Waals surface area contributed by atoms with Crippen LogP contribution in [0.1, 0.15) is 45.5 Å². The Balaban J connectivity index is 1.48. The number of pyridine rings is 1. The second-order valence-corrected chi connectivity index (χ2v) is 10.4. The molecule has 1 aromatic heterocycles. The third-order valence-corrected chi connectivity index (χ3v) is 7.68. The molecule has 0 spiro atoms. The molecule has 0 unspecified atom stereocenters. The van der Waals surface area contributed by atoms with Gasteiger partial charge < -0.3 is 5.11 Å². The van der Waals surface area contributed by atoms with Crippen LogP contribution in [0, 0.1) is 18.3 Å². The molecule has 9 heteroatoms. The van der Waals surface area contributed by atoms with E-state index in [0.717, 1.165) is 15.7 Å². The molecule has 7 nitrogen and oxygen atoms in total. The minimum absolute atomic E-state index is 0.00491. The highest BCUT2D eigenvalue weighted by atomic mass is 32.2. The summed E-state index contributed by atoms with van der Waals surface area (Å²) in [4.78, 5) is 40.9. The Morgan fingerprint density at radius 2 is 1.74 bits per heavy atom. The molecule has 192 valence electrons. The average Bonchev–Trinajstić information content (AvgIpc) is 3.17. The van der Waals surface area contributed by atoms with Gasteiger partial charge in [-0.25, -0.2) is 0 Å². The molecule has 2 aromatic carbocycles. The highest BCUT2D eigenvalue weighted by Gasteiger charge is 2.32. The molecule has 38 heavy (non-hydrogen) atoms. The van der Waals surface area contributed by atoms with Crippen LogP contribution in [0.25, 0.3) is 6.08 Å². The summed E-state index contributed by atoms with van der Waals surface area (Å²) in [5.41, 5.74) is 1.18. The normalized spacial score (nSPS) is 14.2. The number of rotatable bonds is 9. The quantitative estimate of drug-likeness (QED) is 0.234. The van der Waals surface area contributed by atoms with Gasteiger partial charge in [-0.2, -0.15) is 5.26 Å². The van der Waals surface area contributed by atoms with Crippen molar-refractivity contribution < 1.29 is 14.7 Å². The molecule has 1 fully saturated rings. The summed E-state index contributed by atoms with van der Waals surface area (Å²) < 4.78 is 1.51. The number of carbonyl (C=O) groups excluding carboxylic acids is 2. The van der Waals surface area contributed by atoms with Gasteiger partial charge in [0.15, 0.2) is 5.78 Å². The van der Waals surface area contributed by atoms with Crippen LogP contribution in [0.3, 0.4) is 0 Å². The van der Waals surface area contributed by atoms with E-state index < -0.39 is 17.2 Å². The summed E-state index contributed by atoms with van der Waals surface area (Å²) in [5.74, 6) is -1.06. The van der Waals surface area contributed by atoms with Gasteiger partial charge in [0, 0.05) is 19.5 Å². The molecular formula is C29H25N3O4S2. The van der Waals surface area contributed by atoms with E-state index in [9.17, 15) is 24.8 Å². The lowest BCUT2D eigenvalue weighted by Crippen LogP contribution is -2.30. The summed E-state index contributed by atoms with van der Waals surface area (Å²) in [6.07, 6.45) is 2.54. The number of amides is 1. The number of thioether (sulfide) groups is 1. The van der Waals surface area contributed by atoms with Crippen LogP contribution in [0.4, 0.5) is 0 Å². The maximum absolute atomic E-state index is 13.2. The highest BCUT2D eigenvalue weighted by Crippen LogP contribution is 2.33. The first kappa shape index (κ1) is 27.0. The van der Waals surface area contributed by atoms with Gasteiger partial charge in [-0.1, -0.05) is 84.6 Å². The minimum Gasteiger partial charge on any atom is -0.494 e. The predicted molar refractivity (Wildman–Crippen MR) is 152 cm³/mol. The summed E-state index contributed by atoms with van der Waals surface area (Å²) in [5, 5.41) is 20.5. The van der Waals surface area contributed by atoms with E-state index in [-0.39, 0.29) is 42.1 Å². The maximum atomic E-state index is 13.2. The monoisotopic (exact) mass is 543 g/mol. The number of nitriles is 1. The number of thiocarbonyl (C=S) groups is 1. The number of aromatic hydroxyl groups is 1. The Morgan fingerprint density at radius 3 is 2.39 bits per heavy atom. The molecule has 0 aliphatic carbocycles. The molecule has 1 amide bonds. The van der Waals surface area contributed by atoms with Crippen molar-refractivity contribution in [2.75, 3.05) is 6.54 Å². The van der Waals surface area contributed by atoms with Gasteiger partial charge in [-0.3, -0.25) is 23.9 Å². The molecule has 0 saturated carbocycles. The number of aryl methyl sites for hydroxylation is 1. The smallest absolute Gasteiger partial charge is 0.271 e. The van der Waals surface area contributed by atoms with Crippen LogP contribution in [-0.2, 0) is 17.8 Å². The number of hydrogen-bond acceptors (Lipinski definition) is 7. The van der Waals surface area contributed by atoms with E-state index in [2.05, 4.69) is 0 Å². The second-order valence-electron chi connectivity index (χ2n) is 8.77. The predicted octanol–water partition coefficient (Wildman–Crippen LogP) is 4.84. The van der Waals surface area contributed by atoms with Gasteiger partial charge >= 0.3 is 0 Å². The highest BCUT2D eigenvalue weighted by molar-refractivity contribution is 8.26. The van der Waals surface area contributed by atoms with Gasteiger partial charge in [0.25, 0.3) is 11.5 Å². The summed E-state index contributed by atoms with van der Waals surface area (Å²) >= 11 is 6.61. The number of Topliss-reactive ketones (excluding diaryl/α,β-unsaturated/α-hetero) is 1. The van der Waals surface area contributed by atoms with Crippen LogP contribution in [-0.4, -0.2) is 37.1 Å². The molecule has 3 aromatic rings. The molecular weight excluding hydrogens is 518 g/mol. The fourth-order valence-electron chi connectivity index (χ4n) is 4.29. The number of nitrogens with zero attached hydrogens (tertiary/aromatic N) is 3. The van der Waals surface area contributed by atoms with Gasteiger partial charge in [0.1, 0.15) is 16.0 Å². The second kappa shape index (κ2) is 12.0. The summed E-state index contributed by atoms with van der Waals surface area (Å²) in [6, 6.07) is 20.8. The van der Waals surface area contributed by atoms with E-state index >= 15 is 0 Å². The van der Waals surface area contributed by atoms with Gasteiger partial charge in [-0.05, 0) is 42.5 Å². The van der Waals surface area contributed by atoms with Crippen LogP contribution < -0.4 is 5.56 Å². The van der Waals surface area contributed by atoms with E-state index in [1.165, 1.54) is 23.6 Å². The lowest BCUT2D eigenvalue weighted by molar-refractivity contribution is -0.122. The molecule has 1 N–H and O–H groups in total. The van der Waals surface area contributed by atoms with Gasteiger partial charge in [-0.15, -0.1) is 0 Å². The Kier molecular flexibility index (Phi) is 8.56. The lowest BCUT2D eigenvalue weighted by atomic mass is 9.99. The van der Waals surface area contributed by atoms with Crippen molar-refractivity contribution in [1.29, 1.82) is 5.26 Å². The largest absolute Gasteiger partial charge is 0.494 e. The van der Waals surface area contributed by atoms with Crippen LogP contribution in [0.2, 0.25) is 0 Å². The molecule has 0 radical (unpaired) electrons. The Labute approximate surface area is 230 Å². The first-order chi connectivity index (χ1) is 18.3. The number of aromatic nitrogens is 1. The van der Waals surface area contributed by atoms with Crippen molar-refractivity contribution >= 4 is 46.1 Å². The number of ketones is 1. The Morgan fingerprint density at radius 1 is 1.08 bits per heavy atom. The molecule has 1 aliphatic heterocycles. The topological polar surface area (TPSA) is 103 Å². The Bertz CT molecular complexity index is 1520. The average molecular weight is 544 g/mol. The molecule has 0 bridgehead atoms. The SMILES string of the molecule is Cc1c(C(=O)CCCN2C(=O)/C(=C/c3ccccc3)SC2=S)c(O)n(CCc2ccccc2)c(=O)c1C#N. The number of carbonyl (C=O) groups is 2. The third kappa shape index (κ3) is 5.77. The van der Waals surface area contributed by atoms with Crippen LogP contribution >= 0.6 is 24.0 Å². The van der Waals surface area contributed by atoms with Gasteiger partial charge in [0.2, 0.25) is 5.88 Å². The number of hydrogen-bond donors (Lipinski definition) is 1. The lowest BCUT2D eigenvalue weighted by Gasteiger charge is -2.17. The van der Waals surface area contributed by atoms with E-state index in [0.29, 0.717) is 22.1 Å². The van der Waals surface area contributed by atoms with Crippen LogP contribution in [0.5, 0.6) is 5.88 Å². The third-order valence-electron chi connectivity index (χ3n) is 6.30. The van der Waals surface area contributed by atoms with E-state index in [1.54, 1.807) is 6.08 Å². The first-order valence-corrected chi connectivity index (χ1v) is 13.3. The van der Waals surface area contributed by atoms with Crippen molar-refractivity contribution in [3.05, 3.63) is 104 Å². The van der Waals surface area contributed by atoms with E-state index in [4.69, 9.17) is 12.2 Å². The molecule has 0 atom stereocenters. The standard InChI is InChI=1S/C29H25N3O4S2/c1-19-22(18-30)26(34)31(16-14-20-9-4-2-5-10-20)28(36)25(19)23(33)13-8-15-32-27(35)24(38-29(32)37)17-21-11-6-3-7-12-21/h2-7,9-12,17,36H,8,13-16H2,1H3/b24-17-. The zero-order valence-corrected chi connectivity index (χ0v) is 22.3. The summed E-state index contributed by atoms with van der Waals surface area (Å²) in [6.45, 7) is 1.85. The number of benzene rings is 2. The van der Waals surface area contributed by atoms with Gasteiger partial charge in [0.05, 0.1) is 10.5 Å². The zero-order valence-electron chi connectivity index (χ0n) is 20.7. The molecule has 2 heterocycles. The molecule has 1 aliphatic rings. The van der Waals surface area contributed by atoms with E-state index in [1.807, 2.05) is 66.7 Å². The first-order valence-electron chi connectivity index (χ1n) is 12.1. The molecule has 4 rings (SSSR count). The van der Waals surface area contributed by atoms with Crippen LogP contribution in [0.15, 0.2) is 70.4 Å². The van der Waals surface area contributed by atoms with Crippen molar-refractivity contribution in [2.24, 2.45) is 0 Å². The fraction of sp³-hybridized carbons (Fsp3) is 0.207. The maximum Gasteiger partial charge on any atom is 0.271 e.